The van der Waals surface area contributed by atoms with E-state index in [2.05, 4.69) is 28.9 Å². The maximum absolute atomic E-state index is 8.56. The fourth-order valence-electron chi connectivity index (χ4n) is 2.00. The average molecular weight is 214 g/mol. The lowest BCUT2D eigenvalue weighted by Gasteiger charge is -2.37. The van der Waals surface area contributed by atoms with E-state index < -0.39 is 0 Å². The summed E-state index contributed by atoms with van der Waals surface area (Å²) in [6.45, 7) is 6.51. The first-order chi connectivity index (χ1) is 7.17. The predicted octanol–water partition coefficient (Wildman–Crippen LogP) is 0.149. The summed E-state index contributed by atoms with van der Waals surface area (Å²) < 4.78 is 0. The Kier molecular flexibility index (Phi) is 4.84. The number of nitrogens with zero attached hydrogens (tertiary/aromatic N) is 3. The molecule has 0 spiro atoms. The predicted molar refractivity (Wildman–Crippen MR) is 61.2 cm³/mol. The van der Waals surface area contributed by atoms with Crippen molar-refractivity contribution in [1.29, 1.82) is 0 Å². The third kappa shape index (κ3) is 3.68. The van der Waals surface area contributed by atoms with Crippen molar-refractivity contribution in [2.24, 2.45) is 10.9 Å². The molecule has 0 amide bonds. The third-order valence-electron chi connectivity index (χ3n) is 3.10. The van der Waals surface area contributed by atoms with Crippen LogP contribution in [0.2, 0.25) is 0 Å². The summed E-state index contributed by atoms with van der Waals surface area (Å²) in [7, 11) is 2.14. The molecule has 1 heterocycles. The van der Waals surface area contributed by atoms with Gasteiger partial charge in [0.15, 0.2) is 0 Å². The molecule has 1 fully saturated rings. The van der Waals surface area contributed by atoms with Gasteiger partial charge in [-0.2, -0.15) is 0 Å². The molecule has 1 saturated heterocycles. The van der Waals surface area contributed by atoms with Gasteiger partial charge in [-0.15, -0.1) is 0 Å². The zero-order valence-electron chi connectivity index (χ0n) is 9.69. The van der Waals surface area contributed by atoms with Gasteiger partial charge >= 0.3 is 0 Å². The Balaban J connectivity index is 2.44. The molecule has 88 valence electrons. The Morgan fingerprint density at radius 3 is 2.47 bits per heavy atom. The van der Waals surface area contributed by atoms with Gasteiger partial charge in [-0.05, 0) is 13.5 Å². The molecule has 5 heteroatoms. The number of amidine groups is 1. The minimum atomic E-state index is 0.334. The number of nitrogens with two attached hydrogens (primary N) is 1. The van der Waals surface area contributed by atoms with Gasteiger partial charge in [0.25, 0.3) is 0 Å². The van der Waals surface area contributed by atoms with Gasteiger partial charge in [-0.1, -0.05) is 12.1 Å². The molecular weight excluding hydrogens is 192 g/mol. The highest BCUT2D eigenvalue weighted by molar-refractivity contribution is 5.80. The second-order valence-electron chi connectivity index (χ2n) is 4.20. The van der Waals surface area contributed by atoms with Crippen molar-refractivity contribution < 1.29 is 5.21 Å². The first-order valence-corrected chi connectivity index (χ1v) is 5.56. The Morgan fingerprint density at radius 2 is 2.00 bits per heavy atom. The van der Waals surface area contributed by atoms with Crippen LogP contribution in [0.25, 0.3) is 0 Å². The first kappa shape index (κ1) is 12.3. The summed E-state index contributed by atoms with van der Waals surface area (Å²) in [6.07, 6.45) is 1.71. The fraction of sp³-hybridized carbons (Fsp3) is 0.900. The van der Waals surface area contributed by atoms with Crippen LogP contribution in [0.4, 0.5) is 0 Å². The van der Waals surface area contributed by atoms with Crippen LogP contribution in [0, 0.1) is 0 Å². The molecular formula is C10H22N4O. The van der Waals surface area contributed by atoms with E-state index in [1.165, 1.54) is 0 Å². The Labute approximate surface area is 91.5 Å². The molecule has 0 aromatic rings. The molecule has 0 aromatic heterocycles. The Morgan fingerprint density at radius 1 is 1.40 bits per heavy atom. The highest BCUT2D eigenvalue weighted by Crippen LogP contribution is 2.11. The lowest BCUT2D eigenvalue weighted by Crippen LogP contribution is -2.49. The van der Waals surface area contributed by atoms with Crippen molar-refractivity contribution in [3.05, 3.63) is 0 Å². The van der Waals surface area contributed by atoms with Crippen molar-refractivity contribution in [3.63, 3.8) is 0 Å². The monoisotopic (exact) mass is 214 g/mol. The zero-order valence-corrected chi connectivity index (χ0v) is 9.69. The zero-order chi connectivity index (χ0) is 11.3. The molecule has 0 aromatic carbocycles. The van der Waals surface area contributed by atoms with Gasteiger partial charge in [0.05, 0.1) is 0 Å². The molecule has 0 radical (unpaired) electrons. The van der Waals surface area contributed by atoms with Crippen LogP contribution in [-0.4, -0.2) is 60.1 Å². The Hall–Kier alpha value is -0.810. The van der Waals surface area contributed by atoms with E-state index in [4.69, 9.17) is 10.9 Å². The van der Waals surface area contributed by atoms with Gasteiger partial charge in [-0.25, -0.2) is 0 Å². The largest absolute Gasteiger partial charge is 0.409 e. The summed E-state index contributed by atoms with van der Waals surface area (Å²) in [5.41, 5.74) is 5.55. The molecule has 15 heavy (non-hydrogen) atoms. The lowest BCUT2D eigenvalue weighted by molar-refractivity contribution is 0.111. The number of likely N-dealkylation sites (N-methyl/N-ethyl adjacent to an activating group) is 1. The molecule has 1 aliphatic rings. The molecule has 1 aliphatic heterocycles. The maximum atomic E-state index is 8.56. The first-order valence-electron chi connectivity index (χ1n) is 5.56. The van der Waals surface area contributed by atoms with Crippen molar-refractivity contribution in [3.8, 4) is 0 Å². The third-order valence-corrected chi connectivity index (χ3v) is 3.10. The highest BCUT2D eigenvalue weighted by Gasteiger charge is 2.21. The van der Waals surface area contributed by atoms with Crippen LogP contribution >= 0.6 is 0 Å². The van der Waals surface area contributed by atoms with E-state index in [0.29, 0.717) is 18.3 Å². The second kappa shape index (κ2) is 5.92. The highest BCUT2D eigenvalue weighted by atomic mass is 16.4. The molecule has 5 nitrogen and oxygen atoms in total. The number of hydrogen-bond donors (Lipinski definition) is 2. The SMILES string of the molecule is CCC(C/C(N)=N/O)N1CCN(C)CC1. The van der Waals surface area contributed by atoms with Crippen LogP contribution in [0.15, 0.2) is 5.16 Å². The van der Waals surface area contributed by atoms with Gasteiger partial charge < -0.3 is 15.8 Å². The maximum Gasteiger partial charge on any atom is 0.140 e. The minimum absolute atomic E-state index is 0.334. The van der Waals surface area contributed by atoms with E-state index in [0.717, 1.165) is 32.6 Å². The molecule has 3 N–H and O–H groups in total. The number of rotatable bonds is 4. The van der Waals surface area contributed by atoms with Crippen LogP contribution in [-0.2, 0) is 0 Å². The molecule has 1 atom stereocenters. The smallest absolute Gasteiger partial charge is 0.140 e. The molecule has 0 saturated carbocycles. The molecule has 0 aliphatic carbocycles. The summed E-state index contributed by atoms with van der Waals surface area (Å²) in [5, 5.41) is 11.6. The fourth-order valence-corrected chi connectivity index (χ4v) is 2.00. The Bertz CT molecular complexity index is 211. The van der Waals surface area contributed by atoms with E-state index >= 15 is 0 Å². The molecule has 1 rings (SSSR count). The summed E-state index contributed by atoms with van der Waals surface area (Å²) >= 11 is 0. The van der Waals surface area contributed by atoms with Crippen LogP contribution in [0.1, 0.15) is 19.8 Å². The van der Waals surface area contributed by atoms with Crippen LogP contribution in [0.5, 0.6) is 0 Å². The normalized spacial score (nSPS) is 22.9. The van der Waals surface area contributed by atoms with E-state index in [1.54, 1.807) is 0 Å². The summed E-state index contributed by atoms with van der Waals surface area (Å²) in [4.78, 5) is 4.75. The summed E-state index contributed by atoms with van der Waals surface area (Å²) in [6, 6.07) is 0.412. The minimum Gasteiger partial charge on any atom is -0.409 e. The van der Waals surface area contributed by atoms with Crippen molar-refractivity contribution in [2.45, 2.75) is 25.8 Å². The lowest BCUT2D eigenvalue weighted by atomic mass is 10.1. The number of hydrogen-bond acceptors (Lipinski definition) is 4. The van der Waals surface area contributed by atoms with Gasteiger partial charge in [0.2, 0.25) is 0 Å². The van der Waals surface area contributed by atoms with Gasteiger partial charge in [0, 0.05) is 38.6 Å². The quantitative estimate of drug-likeness (QED) is 0.302. The van der Waals surface area contributed by atoms with Crippen LogP contribution < -0.4 is 5.73 Å². The van der Waals surface area contributed by atoms with Crippen molar-refractivity contribution >= 4 is 5.84 Å². The van der Waals surface area contributed by atoms with Crippen molar-refractivity contribution in [2.75, 3.05) is 33.2 Å². The number of oxime groups is 1. The standard InChI is InChI=1S/C10H22N4O/c1-3-9(8-10(11)12-15)14-6-4-13(2)5-7-14/h9,15H,3-8H2,1-2H3,(H2,11,12). The van der Waals surface area contributed by atoms with Gasteiger partial charge in [0.1, 0.15) is 5.84 Å². The van der Waals surface area contributed by atoms with Crippen LogP contribution in [0.3, 0.4) is 0 Å². The molecule has 0 bridgehead atoms. The topological polar surface area (TPSA) is 65.1 Å². The molecule has 1 unspecified atom stereocenters. The van der Waals surface area contributed by atoms with Crippen molar-refractivity contribution in [1.82, 2.24) is 9.80 Å². The summed E-state index contributed by atoms with van der Waals surface area (Å²) in [5.74, 6) is 0.334. The average Bonchev–Trinajstić information content (AvgIpc) is 2.27. The van der Waals surface area contributed by atoms with E-state index in [9.17, 15) is 0 Å². The van der Waals surface area contributed by atoms with E-state index in [1.807, 2.05) is 0 Å². The van der Waals surface area contributed by atoms with Gasteiger partial charge in [-0.3, -0.25) is 4.90 Å². The van der Waals surface area contributed by atoms with E-state index in [-0.39, 0.29) is 0 Å². The number of piperazine rings is 1. The second-order valence-corrected chi connectivity index (χ2v) is 4.20.